The number of hydrogen-bond acceptors (Lipinski definition) is 3. The number of benzene rings is 1. The van der Waals surface area contributed by atoms with Crippen molar-refractivity contribution in [3.05, 3.63) is 29.3 Å². The minimum atomic E-state index is -0.0649. The Balaban J connectivity index is 1.78. The maximum Gasteiger partial charge on any atom is 0.239 e. The van der Waals surface area contributed by atoms with E-state index in [0.29, 0.717) is 11.8 Å². The molecule has 5 heteroatoms. The SMILES string of the molecule is Cc1ccc(SCC(=O)N(C)CC(=O)NC2CC2)c(C)c1. The number of carbonyl (C=O) groups excluding carboxylic acids is 2. The van der Waals surface area contributed by atoms with Crippen LogP contribution in [0.25, 0.3) is 0 Å². The Hall–Kier alpha value is -1.49. The molecule has 0 aliphatic heterocycles. The van der Waals surface area contributed by atoms with Crippen LogP contribution in [0.5, 0.6) is 0 Å². The van der Waals surface area contributed by atoms with E-state index in [-0.39, 0.29) is 18.4 Å². The third kappa shape index (κ3) is 5.08. The Morgan fingerprint density at radius 1 is 1.33 bits per heavy atom. The van der Waals surface area contributed by atoms with Gasteiger partial charge in [-0.05, 0) is 38.3 Å². The number of likely N-dealkylation sites (N-methyl/N-ethyl adjacent to an activating group) is 1. The van der Waals surface area contributed by atoms with Gasteiger partial charge in [-0.15, -0.1) is 11.8 Å². The van der Waals surface area contributed by atoms with Gasteiger partial charge in [0.1, 0.15) is 0 Å². The topological polar surface area (TPSA) is 49.4 Å². The average molecular weight is 306 g/mol. The van der Waals surface area contributed by atoms with Crippen molar-refractivity contribution in [3.63, 3.8) is 0 Å². The number of nitrogens with one attached hydrogen (secondary N) is 1. The Bertz CT molecular complexity index is 541. The van der Waals surface area contributed by atoms with Crippen molar-refractivity contribution in [2.75, 3.05) is 19.3 Å². The Kier molecular flexibility index (Phi) is 5.28. The predicted molar refractivity (Wildman–Crippen MR) is 85.4 cm³/mol. The van der Waals surface area contributed by atoms with E-state index >= 15 is 0 Å². The van der Waals surface area contributed by atoms with Crippen molar-refractivity contribution in [1.82, 2.24) is 10.2 Å². The minimum absolute atomic E-state index is 0.0223. The zero-order valence-electron chi connectivity index (χ0n) is 12.8. The van der Waals surface area contributed by atoms with Gasteiger partial charge in [-0.1, -0.05) is 17.7 Å². The van der Waals surface area contributed by atoms with Crippen LogP contribution in [0.4, 0.5) is 0 Å². The summed E-state index contributed by atoms with van der Waals surface area (Å²) in [6.07, 6.45) is 2.12. The normalized spacial score (nSPS) is 13.9. The molecule has 2 amide bonds. The van der Waals surface area contributed by atoms with Gasteiger partial charge in [-0.25, -0.2) is 0 Å². The highest BCUT2D eigenvalue weighted by atomic mass is 32.2. The van der Waals surface area contributed by atoms with Crippen LogP contribution < -0.4 is 5.32 Å². The third-order valence-electron chi connectivity index (χ3n) is 3.43. The second-order valence-corrected chi connectivity index (χ2v) is 6.67. The van der Waals surface area contributed by atoms with E-state index in [2.05, 4.69) is 18.3 Å². The van der Waals surface area contributed by atoms with Crippen molar-refractivity contribution < 1.29 is 9.59 Å². The summed E-state index contributed by atoms with van der Waals surface area (Å²) in [5.41, 5.74) is 2.40. The summed E-state index contributed by atoms with van der Waals surface area (Å²) in [5, 5.41) is 2.89. The highest BCUT2D eigenvalue weighted by Gasteiger charge is 2.24. The summed E-state index contributed by atoms with van der Waals surface area (Å²) in [6.45, 7) is 4.24. The Labute approximate surface area is 130 Å². The molecule has 0 unspecified atom stereocenters. The van der Waals surface area contributed by atoms with E-state index in [1.54, 1.807) is 7.05 Å². The van der Waals surface area contributed by atoms with Crippen molar-refractivity contribution in [1.29, 1.82) is 0 Å². The first kappa shape index (κ1) is 15.9. The zero-order valence-corrected chi connectivity index (χ0v) is 13.6. The lowest BCUT2D eigenvalue weighted by Crippen LogP contribution is -2.39. The molecule has 0 saturated heterocycles. The first-order chi connectivity index (χ1) is 9.95. The van der Waals surface area contributed by atoms with Crippen LogP contribution in [0, 0.1) is 13.8 Å². The number of rotatable bonds is 6. The number of thioether (sulfide) groups is 1. The molecule has 0 aromatic heterocycles. The van der Waals surface area contributed by atoms with Gasteiger partial charge < -0.3 is 10.2 Å². The number of aryl methyl sites for hydroxylation is 2. The molecule has 21 heavy (non-hydrogen) atoms. The van der Waals surface area contributed by atoms with Crippen LogP contribution >= 0.6 is 11.8 Å². The molecule has 0 bridgehead atoms. The highest BCUT2D eigenvalue weighted by molar-refractivity contribution is 8.00. The highest BCUT2D eigenvalue weighted by Crippen LogP contribution is 2.23. The van der Waals surface area contributed by atoms with Crippen molar-refractivity contribution >= 4 is 23.6 Å². The minimum Gasteiger partial charge on any atom is -0.352 e. The molecule has 1 saturated carbocycles. The second-order valence-electron chi connectivity index (χ2n) is 5.65. The van der Waals surface area contributed by atoms with Gasteiger partial charge in [0.25, 0.3) is 0 Å². The van der Waals surface area contributed by atoms with Crippen LogP contribution in [0.2, 0.25) is 0 Å². The lowest BCUT2D eigenvalue weighted by atomic mass is 10.2. The van der Waals surface area contributed by atoms with Crippen molar-refractivity contribution in [3.8, 4) is 0 Å². The molecule has 0 atom stereocenters. The summed E-state index contributed by atoms with van der Waals surface area (Å²) >= 11 is 1.52. The van der Waals surface area contributed by atoms with E-state index in [9.17, 15) is 9.59 Å². The summed E-state index contributed by atoms with van der Waals surface area (Å²) in [4.78, 5) is 26.3. The molecular weight excluding hydrogens is 284 g/mol. The van der Waals surface area contributed by atoms with E-state index < -0.39 is 0 Å². The Morgan fingerprint density at radius 2 is 2.05 bits per heavy atom. The fourth-order valence-corrected chi connectivity index (χ4v) is 2.97. The van der Waals surface area contributed by atoms with Gasteiger partial charge in [0.15, 0.2) is 0 Å². The van der Waals surface area contributed by atoms with Crippen LogP contribution in [-0.4, -0.2) is 42.1 Å². The summed E-state index contributed by atoms with van der Waals surface area (Å²) in [5.74, 6) is 0.271. The third-order valence-corrected chi connectivity index (χ3v) is 4.59. The average Bonchev–Trinajstić information content (AvgIpc) is 3.21. The standard InChI is InChI=1S/C16H22N2O2S/c1-11-4-7-14(12(2)8-11)21-10-16(20)18(3)9-15(19)17-13-5-6-13/h4,7-8,13H,5-6,9-10H2,1-3H3,(H,17,19). The second kappa shape index (κ2) is 6.98. The van der Waals surface area contributed by atoms with E-state index in [1.807, 2.05) is 19.1 Å². The van der Waals surface area contributed by atoms with E-state index in [0.717, 1.165) is 17.7 Å². The fourth-order valence-electron chi connectivity index (χ4n) is 2.02. The number of hydrogen-bond donors (Lipinski definition) is 1. The molecule has 1 aliphatic carbocycles. The molecule has 1 aromatic rings. The predicted octanol–water partition coefficient (Wildman–Crippen LogP) is 2.13. The largest absolute Gasteiger partial charge is 0.352 e. The van der Waals surface area contributed by atoms with Crippen LogP contribution in [0.3, 0.4) is 0 Å². The van der Waals surface area contributed by atoms with Crippen molar-refractivity contribution in [2.45, 2.75) is 37.6 Å². The molecule has 1 aliphatic rings. The molecule has 1 N–H and O–H groups in total. The van der Waals surface area contributed by atoms with E-state index in [4.69, 9.17) is 0 Å². The zero-order chi connectivity index (χ0) is 15.4. The van der Waals surface area contributed by atoms with Gasteiger partial charge in [0.05, 0.1) is 12.3 Å². The van der Waals surface area contributed by atoms with Gasteiger partial charge in [-0.3, -0.25) is 9.59 Å². The number of amides is 2. The van der Waals surface area contributed by atoms with Gasteiger partial charge in [-0.2, -0.15) is 0 Å². The Morgan fingerprint density at radius 3 is 2.67 bits per heavy atom. The monoisotopic (exact) mass is 306 g/mol. The van der Waals surface area contributed by atoms with Crippen LogP contribution in [0.15, 0.2) is 23.1 Å². The quantitative estimate of drug-likeness (QED) is 0.819. The molecular formula is C16H22N2O2S. The molecule has 1 fully saturated rings. The van der Waals surface area contributed by atoms with Crippen LogP contribution in [-0.2, 0) is 9.59 Å². The summed E-state index contributed by atoms with van der Waals surface area (Å²) in [7, 11) is 1.68. The number of nitrogens with zero attached hydrogens (tertiary/aromatic N) is 1. The summed E-state index contributed by atoms with van der Waals surface area (Å²) in [6, 6.07) is 6.54. The molecule has 2 rings (SSSR count). The van der Waals surface area contributed by atoms with Gasteiger partial charge in [0.2, 0.25) is 11.8 Å². The number of carbonyl (C=O) groups is 2. The molecule has 0 heterocycles. The first-order valence-electron chi connectivity index (χ1n) is 7.19. The van der Waals surface area contributed by atoms with E-state index in [1.165, 1.54) is 27.8 Å². The molecule has 0 radical (unpaired) electrons. The first-order valence-corrected chi connectivity index (χ1v) is 8.17. The molecule has 1 aromatic carbocycles. The summed E-state index contributed by atoms with van der Waals surface area (Å²) < 4.78 is 0. The molecule has 0 spiro atoms. The smallest absolute Gasteiger partial charge is 0.239 e. The maximum atomic E-state index is 12.1. The fraction of sp³-hybridized carbons (Fsp3) is 0.500. The molecule has 114 valence electrons. The van der Waals surface area contributed by atoms with Gasteiger partial charge >= 0.3 is 0 Å². The molecule has 4 nitrogen and oxygen atoms in total. The van der Waals surface area contributed by atoms with Gasteiger partial charge in [0, 0.05) is 18.0 Å². The van der Waals surface area contributed by atoms with Crippen molar-refractivity contribution in [2.24, 2.45) is 0 Å². The lowest BCUT2D eigenvalue weighted by molar-refractivity contribution is -0.132. The lowest BCUT2D eigenvalue weighted by Gasteiger charge is -2.17. The maximum absolute atomic E-state index is 12.1. The van der Waals surface area contributed by atoms with Crippen LogP contribution in [0.1, 0.15) is 24.0 Å².